The van der Waals surface area contributed by atoms with Crippen molar-refractivity contribution < 1.29 is 44.9 Å². The first kappa shape index (κ1) is 23.3. The molecule has 1 amide bonds. The van der Waals surface area contributed by atoms with Gasteiger partial charge < -0.3 is 62.6 Å². The molecule has 1 saturated carbocycles. The quantitative estimate of drug-likeness (QED) is 0.196. The summed E-state index contributed by atoms with van der Waals surface area (Å²) in [5.74, 6) is -0.820. The summed E-state index contributed by atoms with van der Waals surface area (Å²) in [6.45, 7) is -0.479. The van der Waals surface area contributed by atoms with Gasteiger partial charge in [0, 0.05) is 19.1 Å². The van der Waals surface area contributed by atoms with Crippen LogP contribution in [0.1, 0.15) is 6.42 Å². The third kappa shape index (κ3) is 4.77. The van der Waals surface area contributed by atoms with Gasteiger partial charge in [0.15, 0.2) is 6.29 Å². The molecule has 28 heavy (non-hydrogen) atoms. The molecule has 13 N–H and O–H groups in total. The highest BCUT2D eigenvalue weighted by Crippen LogP contribution is 2.28. The van der Waals surface area contributed by atoms with Crippen LogP contribution >= 0.6 is 0 Å². The fourth-order valence-electron chi connectivity index (χ4n) is 3.34. The van der Waals surface area contributed by atoms with Crippen LogP contribution in [0, 0.1) is 0 Å². The van der Waals surface area contributed by atoms with Crippen LogP contribution in [-0.2, 0) is 14.3 Å². The number of ether oxygens (including phenoxy) is 2. The van der Waals surface area contributed by atoms with Gasteiger partial charge in [-0.15, -0.1) is 0 Å². The van der Waals surface area contributed by atoms with Gasteiger partial charge in [-0.25, -0.2) is 0 Å². The largest absolute Gasteiger partial charge is 0.388 e. The van der Waals surface area contributed by atoms with Crippen LogP contribution in [0.15, 0.2) is 0 Å². The third-order valence-electron chi connectivity index (χ3n) is 5.09. The second kappa shape index (κ2) is 9.69. The molecule has 2 aliphatic rings. The van der Waals surface area contributed by atoms with Gasteiger partial charge in [-0.1, -0.05) is 0 Å². The number of carbonyl (C=O) groups is 1. The zero-order valence-corrected chi connectivity index (χ0v) is 15.1. The first-order valence-corrected chi connectivity index (χ1v) is 8.97. The smallest absolute Gasteiger partial charge is 0.250 e. The molecule has 0 aromatic carbocycles. The van der Waals surface area contributed by atoms with Crippen molar-refractivity contribution in [1.29, 1.82) is 0 Å². The SMILES string of the molecule is NCC(O)C(=O)NC1CC(N)C(OC2OC(CN)C(O)C(O)C2O)C(O)C1O. The summed E-state index contributed by atoms with van der Waals surface area (Å²) in [7, 11) is 0. The van der Waals surface area contributed by atoms with Gasteiger partial charge in [0.1, 0.15) is 48.8 Å². The predicted molar refractivity (Wildman–Crippen MR) is 92.2 cm³/mol. The van der Waals surface area contributed by atoms with E-state index in [9.17, 15) is 35.4 Å². The molecular formula is C15H30N4O9. The standard InChI is InChI=1S/C15H30N4O9/c16-2-6(20)14(26)19-5-1-4(18)13(11(24)8(5)21)28-15-12(25)10(23)9(22)7(3-17)27-15/h4-13,15,20-25H,1-3,16-18H2,(H,19,26). The Hall–Kier alpha value is -0.970. The van der Waals surface area contributed by atoms with Crippen LogP contribution in [0.3, 0.4) is 0 Å². The molecule has 13 heteroatoms. The molecule has 1 aliphatic carbocycles. The molecule has 0 bridgehead atoms. The van der Waals surface area contributed by atoms with E-state index < -0.39 is 73.1 Å². The Balaban J connectivity index is 2.04. The van der Waals surface area contributed by atoms with E-state index in [0.29, 0.717) is 0 Å². The lowest BCUT2D eigenvalue weighted by atomic mass is 9.84. The number of hydrogen-bond donors (Lipinski definition) is 10. The Morgan fingerprint density at radius 1 is 1.07 bits per heavy atom. The Labute approximate surface area is 161 Å². The highest BCUT2D eigenvalue weighted by atomic mass is 16.7. The lowest BCUT2D eigenvalue weighted by Gasteiger charge is -2.46. The molecule has 11 unspecified atom stereocenters. The lowest BCUT2D eigenvalue weighted by Crippen LogP contribution is -2.67. The van der Waals surface area contributed by atoms with Crippen LogP contribution in [0.2, 0.25) is 0 Å². The van der Waals surface area contributed by atoms with Gasteiger partial charge in [-0.05, 0) is 6.42 Å². The summed E-state index contributed by atoms with van der Waals surface area (Å²) in [6.07, 6.45) is -13.0. The Bertz CT molecular complexity index is 528. The first-order chi connectivity index (χ1) is 13.1. The summed E-state index contributed by atoms with van der Waals surface area (Å²) in [5, 5.41) is 62.2. The number of carbonyl (C=O) groups excluding carboxylic acids is 1. The molecular weight excluding hydrogens is 380 g/mol. The van der Waals surface area contributed by atoms with Crippen LogP contribution in [-0.4, -0.2) is 117 Å². The Morgan fingerprint density at radius 2 is 1.71 bits per heavy atom. The number of hydrogen-bond acceptors (Lipinski definition) is 12. The van der Waals surface area contributed by atoms with Crippen molar-refractivity contribution in [3.8, 4) is 0 Å². The topological polar surface area (TPSA) is 247 Å². The molecule has 1 heterocycles. The maximum Gasteiger partial charge on any atom is 0.250 e. The van der Waals surface area contributed by atoms with E-state index in [1.807, 2.05) is 0 Å². The van der Waals surface area contributed by atoms with E-state index in [1.165, 1.54) is 0 Å². The van der Waals surface area contributed by atoms with Crippen molar-refractivity contribution in [3.63, 3.8) is 0 Å². The molecule has 1 aliphatic heterocycles. The summed E-state index contributed by atoms with van der Waals surface area (Å²) in [5.41, 5.74) is 16.6. The normalized spacial score (nSPS) is 45.5. The molecule has 0 aromatic heterocycles. The highest BCUT2D eigenvalue weighted by Gasteiger charge is 2.49. The van der Waals surface area contributed by atoms with Crippen molar-refractivity contribution in [2.24, 2.45) is 17.2 Å². The summed E-state index contributed by atoms with van der Waals surface area (Å²) in [4.78, 5) is 11.8. The van der Waals surface area contributed by atoms with E-state index in [4.69, 9.17) is 26.7 Å². The van der Waals surface area contributed by atoms with Crippen LogP contribution in [0.4, 0.5) is 0 Å². The van der Waals surface area contributed by atoms with Crippen LogP contribution < -0.4 is 22.5 Å². The highest BCUT2D eigenvalue weighted by molar-refractivity contribution is 5.81. The average Bonchev–Trinajstić information content (AvgIpc) is 2.68. The van der Waals surface area contributed by atoms with Gasteiger partial charge in [-0.2, -0.15) is 0 Å². The molecule has 0 aromatic rings. The van der Waals surface area contributed by atoms with Crippen molar-refractivity contribution in [2.75, 3.05) is 13.1 Å². The molecule has 1 saturated heterocycles. The second-order valence-electron chi connectivity index (χ2n) is 7.10. The third-order valence-corrected chi connectivity index (χ3v) is 5.09. The second-order valence-corrected chi connectivity index (χ2v) is 7.10. The molecule has 11 atom stereocenters. The predicted octanol–water partition coefficient (Wildman–Crippen LogP) is -6.60. The first-order valence-electron chi connectivity index (χ1n) is 8.97. The minimum Gasteiger partial charge on any atom is -0.388 e. The number of amides is 1. The van der Waals surface area contributed by atoms with Gasteiger partial charge in [0.2, 0.25) is 5.91 Å². The maximum absolute atomic E-state index is 11.8. The monoisotopic (exact) mass is 410 g/mol. The van der Waals surface area contributed by atoms with Crippen LogP contribution in [0.5, 0.6) is 0 Å². The number of rotatable bonds is 6. The maximum atomic E-state index is 11.8. The Kier molecular flexibility index (Phi) is 8.06. The average molecular weight is 410 g/mol. The minimum atomic E-state index is -1.65. The van der Waals surface area contributed by atoms with Gasteiger partial charge >= 0.3 is 0 Å². The van der Waals surface area contributed by atoms with Gasteiger partial charge in [0.25, 0.3) is 0 Å². The number of nitrogens with one attached hydrogen (secondary N) is 1. The van der Waals surface area contributed by atoms with E-state index in [0.717, 1.165) is 0 Å². The molecule has 13 nitrogen and oxygen atoms in total. The molecule has 2 rings (SSSR count). The zero-order chi connectivity index (χ0) is 21.2. The van der Waals surface area contributed by atoms with Crippen molar-refractivity contribution >= 4 is 5.91 Å². The fraction of sp³-hybridized carbons (Fsp3) is 0.933. The summed E-state index contributed by atoms with van der Waals surface area (Å²) < 4.78 is 10.8. The summed E-state index contributed by atoms with van der Waals surface area (Å²) in [6, 6.07) is -1.88. The Morgan fingerprint density at radius 3 is 2.29 bits per heavy atom. The van der Waals surface area contributed by atoms with E-state index in [2.05, 4.69) is 5.32 Å². The fourth-order valence-corrected chi connectivity index (χ4v) is 3.34. The summed E-state index contributed by atoms with van der Waals surface area (Å²) >= 11 is 0. The van der Waals surface area contributed by atoms with Gasteiger partial charge in [-0.3, -0.25) is 4.79 Å². The number of aliphatic hydroxyl groups excluding tert-OH is 6. The molecule has 0 spiro atoms. The number of nitrogens with two attached hydrogens (primary N) is 3. The lowest BCUT2D eigenvalue weighted by molar-refractivity contribution is -0.318. The van der Waals surface area contributed by atoms with E-state index in [-0.39, 0.29) is 19.5 Å². The van der Waals surface area contributed by atoms with Crippen molar-refractivity contribution in [1.82, 2.24) is 5.32 Å². The molecule has 164 valence electrons. The van der Waals surface area contributed by atoms with Crippen molar-refractivity contribution in [3.05, 3.63) is 0 Å². The van der Waals surface area contributed by atoms with Crippen LogP contribution in [0.25, 0.3) is 0 Å². The molecule has 2 fully saturated rings. The van der Waals surface area contributed by atoms with E-state index in [1.54, 1.807) is 0 Å². The minimum absolute atomic E-state index is 0.0275. The van der Waals surface area contributed by atoms with Crippen molar-refractivity contribution in [2.45, 2.75) is 73.6 Å². The van der Waals surface area contributed by atoms with E-state index >= 15 is 0 Å². The zero-order valence-electron chi connectivity index (χ0n) is 15.1. The van der Waals surface area contributed by atoms with Gasteiger partial charge in [0.05, 0.1) is 6.04 Å². The molecule has 0 radical (unpaired) electrons. The number of aliphatic hydroxyl groups is 6.